The van der Waals surface area contributed by atoms with Crippen LogP contribution >= 0.6 is 0 Å². The Morgan fingerprint density at radius 2 is 1.63 bits per heavy atom. The quantitative estimate of drug-likeness (QED) is 0.579. The van der Waals surface area contributed by atoms with E-state index < -0.39 is 36.2 Å². The smallest absolute Gasteiger partial charge is 0.407 e. The van der Waals surface area contributed by atoms with Gasteiger partial charge in [0, 0.05) is 0 Å². The molecule has 0 aliphatic heterocycles. The molecule has 1 amide bonds. The number of carbonyl (C=O) groups is 2. The van der Waals surface area contributed by atoms with Gasteiger partial charge in [-0.25, -0.2) is 4.79 Å². The third kappa shape index (κ3) is 8.53. The molecule has 0 heterocycles. The average Bonchev–Trinajstić information content (AvgIpc) is 2.65. The molecule has 0 bridgehead atoms. The zero-order chi connectivity index (χ0) is 22.1. The van der Waals surface area contributed by atoms with Crippen molar-refractivity contribution in [2.75, 3.05) is 0 Å². The van der Waals surface area contributed by atoms with Crippen molar-refractivity contribution < 1.29 is 29.3 Å². The first-order valence-corrected chi connectivity index (χ1v) is 9.77. The van der Waals surface area contributed by atoms with Crippen LogP contribution in [0, 0.1) is 0 Å². The molecule has 0 saturated heterocycles. The van der Waals surface area contributed by atoms with Crippen LogP contribution in [0.1, 0.15) is 38.3 Å². The predicted molar refractivity (Wildman–Crippen MR) is 112 cm³/mol. The zero-order valence-electron chi connectivity index (χ0n) is 17.5. The number of aliphatic hydroxyl groups is 1. The molecule has 0 aromatic heterocycles. The second-order valence-electron chi connectivity index (χ2n) is 8.04. The normalized spacial score (nSPS) is 13.2. The third-order valence-corrected chi connectivity index (χ3v) is 4.18. The van der Waals surface area contributed by atoms with Crippen molar-refractivity contribution in [2.24, 2.45) is 0 Å². The van der Waals surface area contributed by atoms with Gasteiger partial charge in [-0.1, -0.05) is 42.5 Å². The summed E-state index contributed by atoms with van der Waals surface area (Å²) in [5.74, 6) is -0.464. The van der Waals surface area contributed by atoms with Crippen molar-refractivity contribution in [3.05, 3.63) is 65.7 Å². The van der Waals surface area contributed by atoms with Crippen LogP contribution < -0.4 is 10.1 Å². The molecular formula is C23H29NO6. The SMILES string of the molecule is CC(C)(C)OC(=O)N[C@@H](Cc1ccc(OCc2ccccc2)cc1)[C@@H](O)CC(=O)O. The highest BCUT2D eigenvalue weighted by atomic mass is 16.6. The van der Waals surface area contributed by atoms with Gasteiger partial charge in [-0.3, -0.25) is 4.79 Å². The van der Waals surface area contributed by atoms with Gasteiger partial charge in [0.1, 0.15) is 18.0 Å². The number of carbonyl (C=O) groups excluding carboxylic acids is 1. The molecule has 0 spiro atoms. The number of ether oxygens (including phenoxy) is 2. The molecule has 0 saturated carbocycles. The van der Waals surface area contributed by atoms with Crippen LogP contribution in [0.25, 0.3) is 0 Å². The topological polar surface area (TPSA) is 105 Å². The molecule has 0 aliphatic carbocycles. The molecule has 7 nitrogen and oxygen atoms in total. The van der Waals surface area contributed by atoms with Crippen molar-refractivity contribution in [3.63, 3.8) is 0 Å². The third-order valence-electron chi connectivity index (χ3n) is 4.18. The zero-order valence-corrected chi connectivity index (χ0v) is 17.5. The standard InChI is InChI=1S/C23H29NO6/c1-23(2,3)30-22(28)24-19(20(25)14-21(26)27)13-16-9-11-18(12-10-16)29-15-17-7-5-4-6-8-17/h4-12,19-20,25H,13-15H2,1-3H3,(H,24,28)(H,26,27)/t19-,20-/m0/s1. The molecule has 3 N–H and O–H groups in total. The summed E-state index contributed by atoms with van der Waals surface area (Å²) in [6.07, 6.45) is -2.21. The Balaban J connectivity index is 2.00. The number of benzene rings is 2. The van der Waals surface area contributed by atoms with Crippen molar-refractivity contribution >= 4 is 12.1 Å². The molecule has 162 valence electrons. The summed E-state index contributed by atoms with van der Waals surface area (Å²) in [5, 5.41) is 21.8. The van der Waals surface area contributed by atoms with E-state index in [9.17, 15) is 14.7 Å². The lowest BCUT2D eigenvalue weighted by molar-refractivity contribution is -0.139. The van der Waals surface area contributed by atoms with Gasteiger partial charge in [0.2, 0.25) is 0 Å². The Hall–Kier alpha value is -3.06. The van der Waals surface area contributed by atoms with Crippen LogP contribution in [0.4, 0.5) is 4.79 Å². The predicted octanol–water partition coefficient (Wildman–Crippen LogP) is 3.54. The van der Waals surface area contributed by atoms with E-state index in [0.29, 0.717) is 12.4 Å². The number of carboxylic acids is 1. The van der Waals surface area contributed by atoms with Crippen molar-refractivity contribution in [3.8, 4) is 5.75 Å². The summed E-state index contributed by atoms with van der Waals surface area (Å²) < 4.78 is 11.0. The second kappa shape index (κ2) is 10.6. The number of amides is 1. The van der Waals surface area contributed by atoms with E-state index >= 15 is 0 Å². The van der Waals surface area contributed by atoms with Crippen LogP contribution in [0.15, 0.2) is 54.6 Å². The fraction of sp³-hybridized carbons (Fsp3) is 0.391. The minimum Gasteiger partial charge on any atom is -0.489 e. The van der Waals surface area contributed by atoms with E-state index in [4.69, 9.17) is 14.6 Å². The van der Waals surface area contributed by atoms with Gasteiger partial charge in [-0.2, -0.15) is 0 Å². The molecule has 30 heavy (non-hydrogen) atoms. The molecule has 0 unspecified atom stereocenters. The van der Waals surface area contributed by atoms with Crippen LogP contribution in [0.2, 0.25) is 0 Å². The van der Waals surface area contributed by atoms with E-state index in [1.54, 1.807) is 32.9 Å². The number of alkyl carbamates (subject to hydrolysis) is 1. The Kier molecular flexibility index (Phi) is 8.24. The summed E-state index contributed by atoms with van der Waals surface area (Å²) in [4.78, 5) is 23.1. The highest BCUT2D eigenvalue weighted by Gasteiger charge is 2.26. The van der Waals surface area contributed by atoms with Gasteiger partial charge in [-0.15, -0.1) is 0 Å². The van der Waals surface area contributed by atoms with Crippen molar-refractivity contribution in [2.45, 2.75) is 58.0 Å². The molecule has 7 heteroatoms. The number of nitrogens with one attached hydrogen (secondary N) is 1. The number of carboxylic acid groups (broad SMARTS) is 1. The fourth-order valence-electron chi connectivity index (χ4n) is 2.78. The number of rotatable bonds is 9. The largest absolute Gasteiger partial charge is 0.489 e. The minimum atomic E-state index is -1.26. The Bertz CT molecular complexity index is 814. The lowest BCUT2D eigenvalue weighted by Crippen LogP contribution is -2.47. The monoisotopic (exact) mass is 415 g/mol. The van der Waals surface area contributed by atoms with Gasteiger partial charge >= 0.3 is 12.1 Å². The molecule has 2 rings (SSSR count). The molecule has 2 atom stereocenters. The van der Waals surface area contributed by atoms with E-state index in [-0.39, 0.29) is 6.42 Å². The fourth-order valence-corrected chi connectivity index (χ4v) is 2.78. The summed E-state index contributed by atoms with van der Waals surface area (Å²) >= 11 is 0. The van der Waals surface area contributed by atoms with Crippen LogP contribution in [-0.4, -0.2) is 40.0 Å². The summed E-state index contributed by atoms with van der Waals surface area (Å²) in [6.45, 7) is 5.62. The molecule has 2 aromatic rings. The molecule has 0 fully saturated rings. The minimum absolute atomic E-state index is 0.243. The maximum Gasteiger partial charge on any atom is 0.407 e. The summed E-state index contributed by atoms with van der Waals surface area (Å²) in [7, 11) is 0. The van der Waals surface area contributed by atoms with E-state index in [1.165, 1.54) is 0 Å². The summed E-state index contributed by atoms with van der Waals surface area (Å²) in [6, 6.07) is 16.2. The molecule has 2 aromatic carbocycles. The lowest BCUT2D eigenvalue weighted by atomic mass is 9.99. The maximum absolute atomic E-state index is 12.1. The van der Waals surface area contributed by atoms with E-state index in [1.807, 2.05) is 42.5 Å². The highest BCUT2D eigenvalue weighted by molar-refractivity contribution is 5.69. The Morgan fingerprint density at radius 3 is 2.20 bits per heavy atom. The summed E-state index contributed by atoms with van der Waals surface area (Å²) in [5.41, 5.74) is 1.16. The highest BCUT2D eigenvalue weighted by Crippen LogP contribution is 2.17. The van der Waals surface area contributed by atoms with Gasteiger partial charge in [0.15, 0.2) is 0 Å². The lowest BCUT2D eigenvalue weighted by Gasteiger charge is -2.26. The second-order valence-corrected chi connectivity index (χ2v) is 8.04. The van der Waals surface area contributed by atoms with Crippen LogP contribution in [0.3, 0.4) is 0 Å². The van der Waals surface area contributed by atoms with Gasteiger partial charge in [0.05, 0.1) is 18.6 Å². The first kappa shape index (κ1) is 23.2. The molecule has 0 radical (unpaired) electrons. The van der Waals surface area contributed by atoms with Crippen LogP contribution in [0.5, 0.6) is 5.75 Å². The molecular weight excluding hydrogens is 386 g/mol. The van der Waals surface area contributed by atoms with Gasteiger partial charge < -0.3 is 25.0 Å². The average molecular weight is 415 g/mol. The van der Waals surface area contributed by atoms with Crippen molar-refractivity contribution in [1.29, 1.82) is 0 Å². The Labute approximate surface area is 176 Å². The van der Waals surface area contributed by atoms with E-state index in [0.717, 1.165) is 11.1 Å². The van der Waals surface area contributed by atoms with Crippen LogP contribution in [-0.2, 0) is 22.6 Å². The van der Waals surface area contributed by atoms with Gasteiger partial charge in [0.25, 0.3) is 0 Å². The molecule has 0 aliphatic rings. The van der Waals surface area contributed by atoms with E-state index in [2.05, 4.69) is 5.32 Å². The number of hydrogen-bond acceptors (Lipinski definition) is 5. The number of hydrogen-bond donors (Lipinski definition) is 3. The first-order chi connectivity index (χ1) is 14.1. The van der Waals surface area contributed by atoms with Gasteiger partial charge in [-0.05, 0) is 50.5 Å². The number of aliphatic hydroxyl groups excluding tert-OH is 1. The van der Waals surface area contributed by atoms with Crippen molar-refractivity contribution in [1.82, 2.24) is 5.32 Å². The maximum atomic E-state index is 12.1. The number of aliphatic carboxylic acids is 1. The first-order valence-electron chi connectivity index (χ1n) is 9.77. The Morgan fingerprint density at radius 1 is 1.00 bits per heavy atom.